The van der Waals surface area contributed by atoms with Crippen LogP contribution in [0.15, 0.2) is 76.4 Å². The van der Waals surface area contributed by atoms with Gasteiger partial charge >= 0.3 is 5.69 Å². The predicted octanol–water partition coefficient (Wildman–Crippen LogP) is 2.73. The van der Waals surface area contributed by atoms with Gasteiger partial charge in [-0.25, -0.2) is 9.36 Å². The fourth-order valence-corrected chi connectivity index (χ4v) is 3.95. The number of rotatable bonds is 8. The molecule has 4 rings (SSSR count). The molecule has 172 valence electrons. The molecule has 0 spiro atoms. The number of carbonyl (C=O) groups is 1. The van der Waals surface area contributed by atoms with E-state index in [0.29, 0.717) is 37.1 Å². The van der Waals surface area contributed by atoms with E-state index >= 15 is 0 Å². The second kappa shape index (κ2) is 10.4. The zero-order valence-corrected chi connectivity index (χ0v) is 18.2. The van der Waals surface area contributed by atoms with Crippen molar-refractivity contribution in [2.45, 2.75) is 38.6 Å². The Balaban J connectivity index is 1.59. The standard InChI is InChI=1S/C25H26FN3O4/c26-21-17-28(23-12-7-15-33-23)25(32)29(24(21)31)18-22(30)27(16-20-10-5-2-6-11-20)14-13-19-8-3-1-4-9-19/h1-6,8-11,17,23H,7,12-16,18H2/t23-/m0/s1. The first kappa shape index (κ1) is 22.7. The van der Waals surface area contributed by atoms with Gasteiger partial charge in [0.05, 0.1) is 6.20 Å². The van der Waals surface area contributed by atoms with Crippen LogP contribution in [0.2, 0.25) is 0 Å². The number of benzene rings is 2. The highest BCUT2D eigenvalue weighted by Crippen LogP contribution is 2.20. The quantitative estimate of drug-likeness (QED) is 0.528. The molecule has 1 saturated heterocycles. The molecule has 2 heterocycles. The van der Waals surface area contributed by atoms with Gasteiger partial charge in [0, 0.05) is 19.7 Å². The minimum atomic E-state index is -1.11. The third-order valence-electron chi connectivity index (χ3n) is 5.75. The average Bonchev–Trinajstić information content (AvgIpc) is 3.37. The summed E-state index contributed by atoms with van der Waals surface area (Å²) in [7, 11) is 0. The van der Waals surface area contributed by atoms with Crippen molar-refractivity contribution < 1.29 is 13.9 Å². The van der Waals surface area contributed by atoms with E-state index < -0.39 is 35.7 Å². The Morgan fingerprint density at radius 2 is 1.70 bits per heavy atom. The molecule has 3 aromatic rings. The van der Waals surface area contributed by atoms with Crippen LogP contribution in [0.1, 0.15) is 30.2 Å². The molecular weight excluding hydrogens is 425 g/mol. The Morgan fingerprint density at radius 1 is 1.03 bits per heavy atom. The summed E-state index contributed by atoms with van der Waals surface area (Å²) in [5.74, 6) is -1.52. The minimum Gasteiger partial charge on any atom is -0.358 e. The molecule has 1 fully saturated rings. The van der Waals surface area contributed by atoms with Crippen molar-refractivity contribution in [2.75, 3.05) is 13.2 Å². The lowest BCUT2D eigenvalue weighted by molar-refractivity contribution is -0.132. The molecule has 0 bridgehead atoms. The van der Waals surface area contributed by atoms with E-state index in [-0.39, 0.29) is 0 Å². The molecule has 1 aliphatic rings. The highest BCUT2D eigenvalue weighted by atomic mass is 19.1. The summed E-state index contributed by atoms with van der Waals surface area (Å²) in [5, 5.41) is 0. The summed E-state index contributed by atoms with van der Waals surface area (Å²) in [5.41, 5.74) is 0.129. The predicted molar refractivity (Wildman–Crippen MR) is 121 cm³/mol. The van der Waals surface area contributed by atoms with Crippen LogP contribution in [0.4, 0.5) is 4.39 Å². The second-order valence-electron chi connectivity index (χ2n) is 8.06. The summed E-state index contributed by atoms with van der Waals surface area (Å²) in [6.07, 6.45) is 2.13. The molecule has 2 aromatic carbocycles. The number of halogens is 1. The van der Waals surface area contributed by atoms with Crippen molar-refractivity contribution in [3.05, 3.63) is 105 Å². The van der Waals surface area contributed by atoms with Crippen LogP contribution in [0.5, 0.6) is 0 Å². The van der Waals surface area contributed by atoms with Crippen LogP contribution in [-0.4, -0.2) is 33.1 Å². The fraction of sp³-hybridized carbons (Fsp3) is 0.320. The van der Waals surface area contributed by atoms with Crippen LogP contribution in [0, 0.1) is 5.82 Å². The Bertz CT molecular complexity index is 1200. The number of amides is 1. The lowest BCUT2D eigenvalue weighted by Crippen LogP contribution is -2.46. The van der Waals surface area contributed by atoms with Gasteiger partial charge in [-0.15, -0.1) is 0 Å². The van der Waals surface area contributed by atoms with E-state index in [9.17, 15) is 18.8 Å². The van der Waals surface area contributed by atoms with E-state index in [1.165, 1.54) is 0 Å². The minimum absolute atomic E-state index is 0.316. The molecular formula is C25H26FN3O4. The molecule has 0 unspecified atom stereocenters. The van der Waals surface area contributed by atoms with E-state index in [2.05, 4.69) is 0 Å². The molecule has 7 nitrogen and oxygen atoms in total. The summed E-state index contributed by atoms with van der Waals surface area (Å²) < 4.78 is 21.6. The summed E-state index contributed by atoms with van der Waals surface area (Å²) in [6.45, 7) is 0.628. The second-order valence-corrected chi connectivity index (χ2v) is 8.06. The zero-order chi connectivity index (χ0) is 23.2. The first-order valence-electron chi connectivity index (χ1n) is 11.0. The molecule has 8 heteroatoms. The topological polar surface area (TPSA) is 73.5 Å². The van der Waals surface area contributed by atoms with Gasteiger partial charge in [0.1, 0.15) is 12.8 Å². The van der Waals surface area contributed by atoms with Crippen LogP contribution in [0.25, 0.3) is 0 Å². The Labute approximate surface area is 190 Å². The lowest BCUT2D eigenvalue weighted by atomic mass is 10.1. The molecule has 0 N–H and O–H groups in total. The number of ether oxygens (including phenoxy) is 1. The normalized spacial score (nSPS) is 15.5. The van der Waals surface area contributed by atoms with Gasteiger partial charge in [-0.3, -0.25) is 14.2 Å². The number of carbonyl (C=O) groups excluding carboxylic acids is 1. The molecule has 0 radical (unpaired) electrons. The van der Waals surface area contributed by atoms with E-state index in [4.69, 9.17) is 4.74 Å². The van der Waals surface area contributed by atoms with Gasteiger partial charge in [-0.2, -0.15) is 4.39 Å². The number of hydrogen-bond acceptors (Lipinski definition) is 4. The summed E-state index contributed by atoms with van der Waals surface area (Å²) in [6, 6.07) is 19.2. The fourth-order valence-electron chi connectivity index (χ4n) is 3.95. The van der Waals surface area contributed by atoms with Gasteiger partial charge in [0.25, 0.3) is 5.56 Å². The highest BCUT2D eigenvalue weighted by molar-refractivity contribution is 5.76. The van der Waals surface area contributed by atoms with Crippen molar-refractivity contribution in [2.24, 2.45) is 0 Å². The molecule has 0 saturated carbocycles. The van der Waals surface area contributed by atoms with Crippen LogP contribution >= 0.6 is 0 Å². The molecule has 1 aromatic heterocycles. The van der Waals surface area contributed by atoms with E-state index in [0.717, 1.165) is 28.3 Å². The number of hydrogen-bond donors (Lipinski definition) is 0. The Morgan fingerprint density at radius 3 is 2.33 bits per heavy atom. The smallest absolute Gasteiger partial charge is 0.333 e. The monoisotopic (exact) mass is 451 g/mol. The van der Waals surface area contributed by atoms with Crippen molar-refractivity contribution in [3.8, 4) is 0 Å². The highest BCUT2D eigenvalue weighted by Gasteiger charge is 2.24. The largest absolute Gasteiger partial charge is 0.358 e. The van der Waals surface area contributed by atoms with Crippen LogP contribution in [0.3, 0.4) is 0 Å². The first-order valence-corrected chi connectivity index (χ1v) is 11.0. The maximum absolute atomic E-state index is 14.4. The van der Waals surface area contributed by atoms with Crippen molar-refractivity contribution in [1.82, 2.24) is 14.0 Å². The van der Waals surface area contributed by atoms with Gasteiger partial charge < -0.3 is 9.64 Å². The average molecular weight is 451 g/mol. The Hall–Kier alpha value is -3.52. The first-order chi connectivity index (χ1) is 16.0. The molecule has 1 atom stereocenters. The van der Waals surface area contributed by atoms with Crippen molar-refractivity contribution in [3.63, 3.8) is 0 Å². The third-order valence-corrected chi connectivity index (χ3v) is 5.75. The number of aromatic nitrogens is 2. The van der Waals surface area contributed by atoms with Crippen LogP contribution in [-0.2, 0) is 29.0 Å². The van der Waals surface area contributed by atoms with Crippen molar-refractivity contribution in [1.29, 1.82) is 0 Å². The van der Waals surface area contributed by atoms with E-state index in [1.807, 2.05) is 60.7 Å². The van der Waals surface area contributed by atoms with E-state index in [1.54, 1.807) is 4.90 Å². The van der Waals surface area contributed by atoms with Gasteiger partial charge in [-0.05, 0) is 30.4 Å². The van der Waals surface area contributed by atoms with Crippen LogP contribution < -0.4 is 11.2 Å². The maximum Gasteiger partial charge on any atom is 0.333 e. The van der Waals surface area contributed by atoms with Gasteiger partial charge in [0.2, 0.25) is 11.7 Å². The summed E-state index contributed by atoms with van der Waals surface area (Å²) in [4.78, 5) is 40.2. The lowest BCUT2D eigenvalue weighted by Gasteiger charge is -2.24. The molecule has 0 aliphatic carbocycles. The zero-order valence-electron chi connectivity index (χ0n) is 18.2. The molecule has 33 heavy (non-hydrogen) atoms. The Kier molecular flexibility index (Phi) is 7.14. The third kappa shape index (κ3) is 5.46. The summed E-state index contributed by atoms with van der Waals surface area (Å²) >= 11 is 0. The maximum atomic E-state index is 14.4. The SMILES string of the molecule is O=C(Cn1c(=O)c(F)cn([C@@H]2CCCO2)c1=O)N(CCc1ccccc1)Cc1ccccc1. The molecule has 1 aliphatic heterocycles. The van der Waals surface area contributed by atoms with Gasteiger partial charge in [0.15, 0.2) is 0 Å². The van der Waals surface area contributed by atoms with Crippen molar-refractivity contribution >= 4 is 5.91 Å². The number of nitrogens with zero attached hydrogens (tertiary/aromatic N) is 3. The van der Waals surface area contributed by atoms with Gasteiger partial charge in [-0.1, -0.05) is 60.7 Å². The molecule has 1 amide bonds.